The molecule has 6 heteroatoms. The number of carbonyl (C=O) groups is 1. The van der Waals surface area contributed by atoms with Gasteiger partial charge in [0.2, 0.25) is 0 Å². The SMILES string of the molecule is O=C(Nc1cnc(Oc2ccccc2)nc1)c1ccc(-n2cccc2)cc1. The van der Waals surface area contributed by atoms with Gasteiger partial charge in [-0.2, -0.15) is 0 Å². The lowest BCUT2D eigenvalue weighted by atomic mass is 10.2. The zero-order valence-corrected chi connectivity index (χ0v) is 14.3. The Morgan fingerprint density at radius 2 is 1.52 bits per heavy atom. The molecule has 0 spiro atoms. The fourth-order valence-electron chi connectivity index (χ4n) is 2.52. The zero-order valence-electron chi connectivity index (χ0n) is 14.3. The highest BCUT2D eigenvalue weighted by Crippen LogP contribution is 2.18. The average Bonchev–Trinajstić information content (AvgIpc) is 3.25. The Bertz CT molecular complexity index is 1010. The van der Waals surface area contributed by atoms with Crippen LogP contribution in [0.4, 0.5) is 5.69 Å². The summed E-state index contributed by atoms with van der Waals surface area (Å²) in [4.78, 5) is 20.6. The summed E-state index contributed by atoms with van der Waals surface area (Å²) in [5.74, 6) is 0.423. The van der Waals surface area contributed by atoms with E-state index < -0.39 is 0 Å². The standard InChI is InChI=1S/C21H16N4O2/c26-20(16-8-10-18(11-9-16)25-12-4-5-13-25)24-17-14-22-21(23-15-17)27-19-6-2-1-3-7-19/h1-15H,(H,24,26). The van der Waals surface area contributed by atoms with Gasteiger partial charge >= 0.3 is 6.01 Å². The third-order valence-electron chi connectivity index (χ3n) is 3.87. The summed E-state index contributed by atoms with van der Waals surface area (Å²) in [5.41, 5.74) is 2.03. The number of hydrogen-bond donors (Lipinski definition) is 1. The van der Waals surface area contributed by atoms with Crippen LogP contribution in [0.25, 0.3) is 5.69 Å². The van der Waals surface area contributed by atoms with Crippen LogP contribution in [-0.4, -0.2) is 20.4 Å². The van der Waals surface area contributed by atoms with Gasteiger partial charge in [-0.15, -0.1) is 0 Å². The fraction of sp³-hybridized carbons (Fsp3) is 0. The van der Waals surface area contributed by atoms with E-state index in [1.807, 2.05) is 71.6 Å². The molecule has 0 aliphatic rings. The molecule has 1 amide bonds. The Balaban J connectivity index is 1.40. The van der Waals surface area contributed by atoms with Gasteiger partial charge in [0, 0.05) is 23.6 Å². The number of nitrogens with zero attached hydrogens (tertiary/aromatic N) is 3. The van der Waals surface area contributed by atoms with Gasteiger partial charge in [-0.3, -0.25) is 4.79 Å². The predicted molar refractivity (Wildman–Crippen MR) is 102 cm³/mol. The Labute approximate surface area is 156 Å². The maximum absolute atomic E-state index is 12.4. The minimum absolute atomic E-state index is 0.218. The molecule has 0 fully saturated rings. The summed E-state index contributed by atoms with van der Waals surface area (Å²) >= 11 is 0. The smallest absolute Gasteiger partial charge is 0.322 e. The summed E-state index contributed by atoms with van der Waals surface area (Å²) in [6.07, 6.45) is 6.92. The second-order valence-electron chi connectivity index (χ2n) is 5.76. The predicted octanol–water partition coefficient (Wildman–Crippen LogP) is 4.31. The van der Waals surface area contributed by atoms with Gasteiger partial charge in [0.15, 0.2) is 0 Å². The highest BCUT2D eigenvalue weighted by molar-refractivity contribution is 6.04. The van der Waals surface area contributed by atoms with Gasteiger partial charge in [0.05, 0.1) is 18.1 Å². The Kier molecular flexibility index (Phi) is 4.61. The number of rotatable bonds is 5. The van der Waals surface area contributed by atoms with E-state index >= 15 is 0 Å². The lowest BCUT2D eigenvalue weighted by Gasteiger charge is -2.07. The first-order valence-corrected chi connectivity index (χ1v) is 8.38. The van der Waals surface area contributed by atoms with E-state index in [-0.39, 0.29) is 11.9 Å². The molecule has 2 aromatic heterocycles. The number of hydrogen-bond acceptors (Lipinski definition) is 4. The number of carbonyl (C=O) groups excluding carboxylic acids is 1. The summed E-state index contributed by atoms with van der Waals surface area (Å²) < 4.78 is 7.51. The maximum atomic E-state index is 12.4. The van der Waals surface area contributed by atoms with E-state index in [2.05, 4.69) is 15.3 Å². The molecule has 132 valence electrons. The van der Waals surface area contributed by atoms with Crippen LogP contribution in [0.5, 0.6) is 11.8 Å². The van der Waals surface area contributed by atoms with Crippen LogP contribution < -0.4 is 10.1 Å². The number of nitrogens with one attached hydrogen (secondary N) is 1. The van der Waals surface area contributed by atoms with E-state index in [9.17, 15) is 4.79 Å². The molecule has 4 rings (SSSR count). The quantitative estimate of drug-likeness (QED) is 0.578. The molecule has 2 aromatic carbocycles. The molecule has 1 N–H and O–H groups in total. The molecular formula is C21H16N4O2. The molecule has 0 unspecified atom stereocenters. The van der Waals surface area contributed by atoms with Crippen molar-refractivity contribution in [3.8, 4) is 17.4 Å². The first kappa shape index (κ1) is 16.5. The Hall–Kier alpha value is -3.93. The number of ether oxygens (including phenoxy) is 1. The number of para-hydroxylation sites is 1. The second kappa shape index (κ2) is 7.53. The maximum Gasteiger partial charge on any atom is 0.322 e. The monoisotopic (exact) mass is 356 g/mol. The molecule has 27 heavy (non-hydrogen) atoms. The number of benzene rings is 2. The van der Waals surface area contributed by atoms with Gasteiger partial charge in [0.25, 0.3) is 5.91 Å². The second-order valence-corrected chi connectivity index (χ2v) is 5.76. The normalized spacial score (nSPS) is 10.4. The van der Waals surface area contributed by atoms with Crippen LogP contribution in [-0.2, 0) is 0 Å². The highest BCUT2D eigenvalue weighted by atomic mass is 16.5. The van der Waals surface area contributed by atoms with Gasteiger partial charge in [-0.05, 0) is 48.5 Å². The third-order valence-corrected chi connectivity index (χ3v) is 3.87. The van der Waals surface area contributed by atoms with E-state index in [4.69, 9.17) is 4.74 Å². The fourth-order valence-corrected chi connectivity index (χ4v) is 2.52. The average molecular weight is 356 g/mol. The van der Waals surface area contributed by atoms with E-state index in [1.165, 1.54) is 12.4 Å². The summed E-state index contributed by atoms with van der Waals surface area (Å²) in [6, 6.07) is 20.7. The van der Waals surface area contributed by atoms with Crippen LogP contribution in [0.3, 0.4) is 0 Å². The van der Waals surface area contributed by atoms with Crippen molar-refractivity contribution >= 4 is 11.6 Å². The van der Waals surface area contributed by atoms with Crippen molar-refractivity contribution in [1.29, 1.82) is 0 Å². The molecule has 0 saturated heterocycles. The van der Waals surface area contributed by atoms with Crippen molar-refractivity contribution in [2.75, 3.05) is 5.32 Å². The van der Waals surface area contributed by atoms with Gasteiger partial charge < -0.3 is 14.6 Å². The largest absolute Gasteiger partial charge is 0.424 e. The zero-order chi connectivity index (χ0) is 18.5. The first-order chi connectivity index (χ1) is 13.3. The van der Waals surface area contributed by atoms with E-state index in [0.717, 1.165) is 5.69 Å². The van der Waals surface area contributed by atoms with Gasteiger partial charge in [-0.25, -0.2) is 9.97 Å². The highest BCUT2D eigenvalue weighted by Gasteiger charge is 2.08. The minimum Gasteiger partial charge on any atom is -0.424 e. The molecule has 0 bridgehead atoms. The lowest BCUT2D eigenvalue weighted by Crippen LogP contribution is -2.12. The summed E-state index contributed by atoms with van der Waals surface area (Å²) in [5, 5.41) is 2.78. The topological polar surface area (TPSA) is 69.0 Å². The van der Waals surface area contributed by atoms with Crippen molar-refractivity contribution in [2.45, 2.75) is 0 Å². The molecule has 0 atom stereocenters. The van der Waals surface area contributed by atoms with Crippen LogP contribution in [0.1, 0.15) is 10.4 Å². The summed E-state index contributed by atoms with van der Waals surface area (Å²) in [7, 11) is 0. The van der Waals surface area contributed by atoms with Crippen LogP contribution in [0, 0.1) is 0 Å². The molecule has 2 heterocycles. The first-order valence-electron chi connectivity index (χ1n) is 8.38. The van der Waals surface area contributed by atoms with Gasteiger partial charge in [0.1, 0.15) is 5.75 Å². The molecule has 0 saturated carbocycles. The van der Waals surface area contributed by atoms with Crippen molar-refractivity contribution in [1.82, 2.24) is 14.5 Å². The molecule has 4 aromatic rings. The van der Waals surface area contributed by atoms with Crippen LogP contribution in [0.15, 0.2) is 91.5 Å². The minimum atomic E-state index is -0.227. The van der Waals surface area contributed by atoms with Crippen molar-refractivity contribution in [3.63, 3.8) is 0 Å². The molecule has 0 radical (unpaired) electrons. The molecule has 0 aliphatic heterocycles. The van der Waals surface area contributed by atoms with Gasteiger partial charge in [-0.1, -0.05) is 18.2 Å². The Morgan fingerprint density at radius 3 is 2.19 bits per heavy atom. The van der Waals surface area contributed by atoms with E-state index in [0.29, 0.717) is 17.0 Å². The molecule has 0 aliphatic carbocycles. The van der Waals surface area contributed by atoms with Crippen LogP contribution in [0.2, 0.25) is 0 Å². The van der Waals surface area contributed by atoms with E-state index in [1.54, 1.807) is 12.1 Å². The van der Waals surface area contributed by atoms with Crippen molar-refractivity contribution < 1.29 is 9.53 Å². The molecular weight excluding hydrogens is 340 g/mol. The number of amides is 1. The summed E-state index contributed by atoms with van der Waals surface area (Å²) in [6.45, 7) is 0. The van der Waals surface area contributed by atoms with Crippen molar-refractivity contribution in [2.24, 2.45) is 0 Å². The Morgan fingerprint density at radius 1 is 0.852 bits per heavy atom. The van der Waals surface area contributed by atoms with Crippen LogP contribution >= 0.6 is 0 Å². The molecule has 6 nitrogen and oxygen atoms in total. The third kappa shape index (κ3) is 4.01. The number of anilines is 1. The number of aromatic nitrogens is 3. The lowest BCUT2D eigenvalue weighted by molar-refractivity contribution is 0.102. The van der Waals surface area contributed by atoms with Crippen molar-refractivity contribution in [3.05, 3.63) is 97.1 Å².